The summed E-state index contributed by atoms with van der Waals surface area (Å²) < 4.78 is 0. The third-order valence-corrected chi connectivity index (χ3v) is 5.73. The molecule has 6 heteroatoms. The van der Waals surface area contributed by atoms with Gasteiger partial charge >= 0.3 is 0 Å². The van der Waals surface area contributed by atoms with E-state index < -0.39 is 0 Å². The second-order valence-corrected chi connectivity index (χ2v) is 8.26. The summed E-state index contributed by atoms with van der Waals surface area (Å²) in [5, 5.41) is 0.698. The minimum absolute atomic E-state index is 0.0789. The van der Waals surface area contributed by atoms with Gasteiger partial charge in [0, 0.05) is 55.4 Å². The maximum absolute atomic E-state index is 13.0. The molecule has 0 saturated carbocycles. The fourth-order valence-electron chi connectivity index (χ4n) is 3.91. The smallest absolute Gasteiger partial charge is 0.253 e. The Bertz CT molecular complexity index is 1020. The molecule has 30 heavy (non-hydrogen) atoms. The summed E-state index contributed by atoms with van der Waals surface area (Å²) in [5.41, 5.74) is 3.75. The lowest BCUT2D eigenvalue weighted by atomic mass is 9.89. The number of rotatable bonds is 4. The van der Waals surface area contributed by atoms with Crippen LogP contribution in [0.5, 0.6) is 0 Å². The van der Waals surface area contributed by atoms with Gasteiger partial charge in [-0.25, -0.2) is 9.97 Å². The van der Waals surface area contributed by atoms with Crippen LogP contribution in [-0.2, 0) is 0 Å². The minimum atomic E-state index is 0.0789. The number of carbonyl (C=O) groups is 1. The van der Waals surface area contributed by atoms with Gasteiger partial charge in [0.15, 0.2) is 0 Å². The SMILES string of the molecule is CN(C)c1ncc(-c2ccc(Cl)cc2)c(C2CCCN(C(=O)c3ccccc3)C2)n1. The van der Waals surface area contributed by atoms with E-state index in [-0.39, 0.29) is 11.8 Å². The van der Waals surface area contributed by atoms with Gasteiger partial charge in [0.2, 0.25) is 5.95 Å². The average molecular weight is 421 g/mol. The first kappa shape index (κ1) is 20.4. The van der Waals surface area contributed by atoms with Gasteiger partial charge in [-0.2, -0.15) is 0 Å². The molecule has 0 bridgehead atoms. The quantitative estimate of drug-likeness (QED) is 0.603. The summed E-state index contributed by atoms with van der Waals surface area (Å²) in [6, 6.07) is 17.2. The molecule has 1 aromatic heterocycles. The predicted molar refractivity (Wildman–Crippen MR) is 121 cm³/mol. The number of aromatic nitrogens is 2. The van der Waals surface area contributed by atoms with Crippen molar-refractivity contribution in [3.63, 3.8) is 0 Å². The number of halogens is 1. The Morgan fingerprint density at radius 1 is 1.10 bits per heavy atom. The maximum atomic E-state index is 13.0. The van der Waals surface area contributed by atoms with Crippen molar-refractivity contribution in [2.75, 3.05) is 32.1 Å². The van der Waals surface area contributed by atoms with Crippen molar-refractivity contribution in [2.24, 2.45) is 0 Å². The van der Waals surface area contributed by atoms with Gasteiger partial charge in [-0.15, -0.1) is 0 Å². The van der Waals surface area contributed by atoms with Crippen LogP contribution in [0.3, 0.4) is 0 Å². The van der Waals surface area contributed by atoms with Gasteiger partial charge in [0.05, 0.1) is 5.69 Å². The molecule has 2 heterocycles. The molecule has 5 nitrogen and oxygen atoms in total. The van der Waals surface area contributed by atoms with Crippen LogP contribution in [0.2, 0.25) is 5.02 Å². The molecular formula is C24H25ClN4O. The topological polar surface area (TPSA) is 49.3 Å². The van der Waals surface area contributed by atoms with Crippen LogP contribution < -0.4 is 4.90 Å². The normalized spacial score (nSPS) is 16.4. The van der Waals surface area contributed by atoms with Gasteiger partial charge in [-0.05, 0) is 42.7 Å². The van der Waals surface area contributed by atoms with Crippen LogP contribution >= 0.6 is 11.6 Å². The average Bonchev–Trinajstić information content (AvgIpc) is 2.79. The van der Waals surface area contributed by atoms with Gasteiger partial charge < -0.3 is 9.80 Å². The molecule has 0 aliphatic carbocycles. The van der Waals surface area contributed by atoms with Crippen LogP contribution in [-0.4, -0.2) is 48.0 Å². The first-order valence-corrected chi connectivity index (χ1v) is 10.6. The molecule has 0 radical (unpaired) electrons. The fourth-order valence-corrected chi connectivity index (χ4v) is 4.04. The van der Waals surface area contributed by atoms with Crippen LogP contribution in [0, 0.1) is 0 Å². The number of piperidine rings is 1. The lowest BCUT2D eigenvalue weighted by molar-refractivity contribution is 0.0706. The molecule has 0 N–H and O–H groups in total. The second-order valence-electron chi connectivity index (χ2n) is 7.83. The number of benzene rings is 2. The highest BCUT2D eigenvalue weighted by Gasteiger charge is 2.28. The van der Waals surface area contributed by atoms with Crippen molar-refractivity contribution >= 4 is 23.5 Å². The fraction of sp³-hybridized carbons (Fsp3) is 0.292. The van der Waals surface area contributed by atoms with E-state index in [1.165, 1.54) is 0 Å². The molecule has 4 rings (SSSR count). The maximum Gasteiger partial charge on any atom is 0.253 e. The van der Waals surface area contributed by atoms with Gasteiger partial charge in [0.1, 0.15) is 0 Å². The predicted octanol–water partition coefficient (Wildman–Crippen LogP) is 4.88. The minimum Gasteiger partial charge on any atom is -0.347 e. The Labute approximate surface area is 182 Å². The van der Waals surface area contributed by atoms with Crippen LogP contribution in [0.1, 0.15) is 34.8 Å². The van der Waals surface area contributed by atoms with Crippen LogP contribution in [0.15, 0.2) is 60.8 Å². The highest BCUT2D eigenvalue weighted by molar-refractivity contribution is 6.30. The summed E-state index contributed by atoms with van der Waals surface area (Å²) in [7, 11) is 3.88. The second kappa shape index (κ2) is 8.84. The van der Waals surface area contributed by atoms with E-state index in [0.717, 1.165) is 41.8 Å². The Kier molecular flexibility index (Phi) is 6.00. The number of hydrogen-bond donors (Lipinski definition) is 0. The molecule has 1 aliphatic heterocycles. The highest BCUT2D eigenvalue weighted by Crippen LogP contribution is 2.34. The molecule has 154 valence electrons. The van der Waals surface area contributed by atoms with E-state index in [2.05, 4.69) is 4.98 Å². The largest absolute Gasteiger partial charge is 0.347 e. The van der Waals surface area contributed by atoms with E-state index >= 15 is 0 Å². The molecule has 1 fully saturated rings. The van der Waals surface area contributed by atoms with Gasteiger partial charge in [-0.3, -0.25) is 4.79 Å². The first-order chi connectivity index (χ1) is 14.5. The molecule has 2 aromatic carbocycles. The number of nitrogens with zero attached hydrogens (tertiary/aromatic N) is 4. The number of amides is 1. The van der Waals surface area contributed by atoms with Crippen LogP contribution in [0.4, 0.5) is 5.95 Å². The summed E-state index contributed by atoms with van der Waals surface area (Å²) in [6.07, 6.45) is 3.83. The zero-order valence-electron chi connectivity index (χ0n) is 17.3. The number of carbonyl (C=O) groups excluding carboxylic acids is 1. The zero-order valence-corrected chi connectivity index (χ0v) is 18.0. The van der Waals surface area contributed by atoms with Crippen molar-refractivity contribution in [1.82, 2.24) is 14.9 Å². The Balaban J connectivity index is 1.68. The van der Waals surface area contributed by atoms with E-state index in [4.69, 9.17) is 16.6 Å². The molecule has 1 atom stereocenters. The zero-order chi connectivity index (χ0) is 21.1. The van der Waals surface area contributed by atoms with Gasteiger partial charge in [0.25, 0.3) is 5.91 Å². The van der Waals surface area contributed by atoms with E-state index in [0.29, 0.717) is 17.5 Å². The van der Waals surface area contributed by atoms with Crippen molar-refractivity contribution in [2.45, 2.75) is 18.8 Å². The standard InChI is InChI=1S/C24H25ClN4O/c1-28(2)24-26-15-21(17-10-12-20(25)13-11-17)22(27-24)19-9-6-14-29(16-19)23(30)18-7-4-3-5-8-18/h3-5,7-8,10-13,15,19H,6,9,14,16H2,1-2H3. The van der Waals surface area contributed by atoms with E-state index in [9.17, 15) is 4.79 Å². The van der Waals surface area contributed by atoms with Crippen molar-refractivity contribution in [3.8, 4) is 11.1 Å². The Morgan fingerprint density at radius 3 is 2.53 bits per heavy atom. The van der Waals surface area contributed by atoms with E-state index in [1.807, 2.05) is 84.7 Å². The Morgan fingerprint density at radius 2 is 1.83 bits per heavy atom. The van der Waals surface area contributed by atoms with Gasteiger partial charge in [-0.1, -0.05) is 41.9 Å². The Hall–Kier alpha value is -2.92. The lowest BCUT2D eigenvalue weighted by Crippen LogP contribution is -2.39. The summed E-state index contributed by atoms with van der Waals surface area (Å²) in [5.74, 6) is 0.906. The lowest BCUT2D eigenvalue weighted by Gasteiger charge is -2.33. The number of anilines is 1. The van der Waals surface area contributed by atoms with E-state index in [1.54, 1.807) is 0 Å². The monoisotopic (exact) mass is 420 g/mol. The first-order valence-electron chi connectivity index (χ1n) is 10.2. The summed E-state index contributed by atoms with van der Waals surface area (Å²) >= 11 is 6.08. The molecule has 1 saturated heterocycles. The molecule has 1 aliphatic rings. The third-order valence-electron chi connectivity index (χ3n) is 5.48. The van der Waals surface area contributed by atoms with Crippen molar-refractivity contribution in [3.05, 3.63) is 77.1 Å². The van der Waals surface area contributed by atoms with Crippen molar-refractivity contribution in [1.29, 1.82) is 0 Å². The molecular weight excluding hydrogens is 396 g/mol. The molecule has 3 aromatic rings. The number of likely N-dealkylation sites (tertiary alicyclic amines) is 1. The molecule has 1 unspecified atom stereocenters. The van der Waals surface area contributed by atoms with Crippen LogP contribution in [0.25, 0.3) is 11.1 Å². The summed E-state index contributed by atoms with van der Waals surface area (Å²) in [6.45, 7) is 1.42. The number of hydrogen-bond acceptors (Lipinski definition) is 4. The third kappa shape index (κ3) is 4.31. The highest BCUT2D eigenvalue weighted by atomic mass is 35.5. The van der Waals surface area contributed by atoms with Crippen molar-refractivity contribution < 1.29 is 4.79 Å². The summed E-state index contributed by atoms with van der Waals surface area (Å²) in [4.78, 5) is 26.3. The molecule has 0 spiro atoms. The molecule has 1 amide bonds.